The van der Waals surface area contributed by atoms with E-state index in [9.17, 15) is 4.79 Å². The molecule has 1 aromatic carbocycles. The molecule has 1 heterocycles. The molecule has 0 saturated heterocycles. The average molecular weight is 283 g/mol. The van der Waals surface area contributed by atoms with Crippen molar-refractivity contribution in [2.75, 3.05) is 0 Å². The third-order valence-electron chi connectivity index (χ3n) is 5.15. The van der Waals surface area contributed by atoms with Crippen LogP contribution in [0.2, 0.25) is 0 Å². The molecule has 0 aromatic heterocycles. The number of carbonyl (C=O) groups is 1. The number of benzene rings is 1. The lowest BCUT2D eigenvalue weighted by atomic mass is 9.80. The Hall–Kier alpha value is -1.57. The second-order valence-corrected chi connectivity index (χ2v) is 6.49. The highest BCUT2D eigenvalue weighted by Crippen LogP contribution is 2.36. The Morgan fingerprint density at radius 3 is 2.52 bits per heavy atom. The first-order chi connectivity index (χ1) is 10.3. The molecule has 2 aliphatic rings. The molecule has 0 amide bonds. The second kappa shape index (κ2) is 6.46. The van der Waals surface area contributed by atoms with Crippen LogP contribution < -0.4 is 0 Å². The number of ketones is 1. The minimum atomic E-state index is 0.294. The van der Waals surface area contributed by atoms with Crippen LogP contribution in [0.5, 0.6) is 0 Å². The van der Waals surface area contributed by atoms with Crippen LogP contribution >= 0.6 is 0 Å². The predicted molar refractivity (Wildman–Crippen MR) is 85.8 cm³/mol. The third kappa shape index (κ3) is 3.20. The van der Waals surface area contributed by atoms with E-state index in [0.717, 1.165) is 0 Å². The molecule has 1 fully saturated rings. The zero-order valence-corrected chi connectivity index (χ0v) is 12.9. The van der Waals surface area contributed by atoms with Gasteiger partial charge in [0.1, 0.15) is 0 Å². The Morgan fingerprint density at radius 1 is 1.10 bits per heavy atom. The van der Waals surface area contributed by atoms with Crippen molar-refractivity contribution in [3.8, 4) is 0 Å². The zero-order valence-electron chi connectivity index (χ0n) is 12.9. The summed E-state index contributed by atoms with van der Waals surface area (Å²) >= 11 is 0. The van der Waals surface area contributed by atoms with Gasteiger partial charge in [-0.2, -0.15) is 0 Å². The molecular weight excluding hydrogens is 258 g/mol. The Morgan fingerprint density at radius 2 is 1.81 bits per heavy atom. The molecule has 21 heavy (non-hydrogen) atoms. The SMILES string of the molecule is C[C@@H](c1ccccc1)N1C=CC(=O)C[C@H]1C1CCCCC1. The maximum absolute atomic E-state index is 11.9. The van der Waals surface area contributed by atoms with Crippen molar-refractivity contribution in [2.24, 2.45) is 5.92 Å². The molecular formula is C19H25NO. The Labute approximate surface area is 127 Å². The molecule has 0 N–H and O–H groups in total. The van der Waals surface area contributed by atoms with E-state index in [2.05, 4.69) is 42.2 Å². The van der Waals surface area contributed by atoms with Gasteiger partial charge in [0.15, 0.2) is 5.78 Å². The first kappa shape index (κ1) is 14.4. The number of hydrogen-bond acceptors (Lipinski definition) is 2. The monoisotopic (exact) mass is 283 g/mol. The van der Waals surface area contributed by atoms with E-state index in [1.807, 2.05) is 6.20 Å². The van der Waals surface area contributed by atoms with Crippen LogP contribution in [0.25, 0.3) is 0 Å². The van der Waals surface area contributed by atoms with Gasteiger partial charge in [0, 0.05) is 18.7 Å². The standard InChI is InChI=1S/C19H25NO/c1-15(16-8-4-2-5-9-16)20-13-12-18(21)14-19(20)17-10-6-3-7-11-17/h2,4-5,8-9,12-13,15,17,19H,3,6-7,10-11,14H2,1H3/t15-,19-/m0/s1. The Kier molecular flexibility index (Phi) is 4.42. The summed E-state index contributed by atoms with van der Waals surface area (Å²) in [6, 6.07) is 11.4. The smallest absolute Gasteiger partial charge is 0.159 e. The van der Waals surface area contributed by atoms with Crippen molar-refractivity contribution >= 4 is 5.78 Å². The zero-order chi connectivity index (χ0) is 14.7. The van der Waals surface area contributed by atoms with Crippen LogP contribution in [0, 0.1) is 5.92 Å². The highest BCUT2D eigenvalue weighted by molar-refractivity contribution is 5.90. The normalized spacial score (nSPS) is 25.1. The van der Waals surface area contributed by atoms with Gasteiger partial charge < -0.3 is 4.90 Å². The highest BCUT2D eigenvalue weighted by Gasteiger charge is 2.33. The second-order valence-electron chi connectivity index (χ2n) is 6.49. The van der Waals surface area contributed by atoms with Gasteiger partial charge in [0.2, 0.25) is 0 Å². The van der Waals surface area contributed by atoms with E-state index in [1.54, 1.807) is 6.08 Å². The van der Waals surface area contributed by atoms with Crippen molar-refractivity contribution in [3.05, 3.63) is 48.2 Å². The minimum absolute atomic E-state index is 0.294. The van der Waals surface area contributed by atoms with Crippen LogP contribution in [0.15, 0.2) is 42.6 Å². The topological polar surface area (TPSA) is 20.3 Å². The number of rotatable bonds is 3. The van der Waals surface area contributed by atoms with E-state index in [0.29, 0.717) is 30.2 Å². The number of allylic oxidation sites excluding steroid dienone is 1. The molecule has 0 unspecified atom stereocenters. The fourth-order valence-corrected chi connectivity index (χ4v) is 3.91. The van der Waals surface area contributed by atoms with Gasteiger partial charge >= 0.3 is 0 Å². The van der Waals surface area contributed by atoms with E-state index in [1.165, 1.54) is 37.7 Å². The maximum atomic E-state index is 11.9. The summed E-state index contributed by atoms with van der Waals surface area (Å²) < 4.78 is 0. The average Bonchev–Trinajstić information content (AvgIpc) is 2.56. The number of nitrogens with zero attached hydrogens (tertiary/aromatic N) is 1. The molecule has 2 nitrogen and oxygen atoms in total. The molecule has 3 rings (SSSR count). The van der Waals surface area contributed by atoms with Crippen molar-refractivity contribution in [3.63, 3.8) is 0 Å². The fourth-order valence-electron chi connectivity index (χ4n) is 3.91. The molecule has 0 radical (unpaired) electrons. The van der Waals surface area contributed by atoms with Crippen molar-refractivity contribution in [1.29, 1.82) is 0 Å². The summed E-state index contributed by atoms with van der Waals surface area (Å²) in [7, 11) is 0. The van der Waals surface area contributed by atoms with E-state index in [4.69, 9.17) is 0 Å². The van der Waals surface area contributed by atoms with Gasteiger partial charge in [-0.1, -0.05) is 49.6 Å². The van der Waals surface area contributed by atoms with Crippen LogP contribution in [-0.4, -0.2) is 16.7 Å². The van der Waals surface area contributed by atoms with Crippen LogP contribution in [0.1, 0.15) is 57.1 Å². The fraction of sp³-hybridized carbons (Fsp3) is 0.526. The summed E-state index contributed by atoms with van der Waals surface area (Å²) in [6.45, 7) is 2.26. The third-order valence-corrected chi connectivity index (χ3v) is 5.15. The molecule has 1 aliphatic heterocycles. The van der Waals surface area contributed by atoms with Crippen LogP contribution in [0.3, 0.4) is 0 Å². The minimum Gasteiger partial charge on any atom is -0.367 e. The van der Waals surface area contributed by atoms with Gasteiger partial charge in [-0.3, -0.25) is 4.79 Å². The van der Waals surface area contributed by atoms with Gasteiger partial charge in [-0.25, -0.2) is 0 Å². The Bertz CT molecular complexity index is 502. The van der Waals surface area contributed by atoms with Gasteiger partial charge in [-0.05, 0) is 37.3 Å². The van der Waals surface area contributed by atoms with Gasteiger partial charge in [0.25, 0.3) is 0 Å². The molecule has 0 bridgehead atoms. The van der Waals surface area contributed by atoms with Crippen LogP contribution in [0.4, 0.5) is 0 Å². The van der Waals surface area contributed by atoms with E-state index < -0.39 is 0 Å². The summed E-state index contributed by atoms with van der Waals surface area (Å²) in [5, 5.41) is 0. The lowest BCUT2D eigenvalue weighted by Crippen LogP contribution is -2.43. The number of carbonyl (C=O) groups excluding carboxylic acids is 1. The van der Waals surface area contributed by atoms with Gasteiger partial charge in [-0.15, -0.1) is 0 Å². The molecule has 1 aromatic rings. The number of hydrogen-bond donors (Lipinski definition) is 0. The molecule has 2 heteroatoms. The summed E-state index contributed by atoms with van der Waals surface area (Å²) in [5.41, 5.74) is 1.33. The highest BCUT2D eigenvalue weighted by atomic mass is 16.1. The van der Waals surface area contributed by atoms with E-state index in [-0.39, 0.29) is 0 Å². The quantitative estimate of drug-likeness (QED) is 0.815. The van der Waals surface area contributed by atoms with Gasteiger partial charge in [0.05, 0.1) is 6.04 Å². The van der Waals surface area contributed by atoms with Crippen molar-refractivity contribution < 1.29 is 4.79 Å². The van der Waals surface area contributed by atoms with E-state index >= 15 is 0 Å². The maximum Gasteiger partial charge on any atom is 0.159 e. The largest absolute Gasteiger partial charge is 0.367 e. The first-order valence-electron chi connectivity index (χ1n) is 8.29. The summed E-state index contributed by atoms with van der Waals surface area (Å²) in [4.78, 5) is 14.3. The van der Waals surface area contributed by atoms with Crippen molar-refractivity contribution in [2.45, 2.75) is 57.5 Å². The molecule has 112 valence electrons. The molecule has 0 spiro atoms. The Balaban J connectivity index is 1.82. The van der Waals surface area contributed by atoms with Crippen molar-refractivity contribution in [1.82, 2.24) is 4.90 Å². The lowest BCUT2D eigenvalue weighted by molar-refractivity contribution is -0.117. The molecule has 2 atom stereocenters. The molecule has 1 aliphatic carbocycles. The van der Waals surface area contributed by atoms with Crippen LogP contribution in [-0.2, 0) is 4.79 Å². The summed E-state index contributed by atoms with van der Waals surface area (Å²) in [6.07, 6.45) is 11.1. The summed E-state index contributed by atoms with van der Waals surface area (Å²) in [5.74, 6) is 0.973. The predicted octanol–water partition coefficient (Wildman–Crippen LogP) is 4.49. The first-order valence-corrected chi connectivity index (χ1v) is 8.29. The lowest BCUT2D eigenvalue weighted by Gasteiger charge is -2.43. The molecule has 1 saturated carbocycles.